The van der Waals surface area contributed by atoms with Crippen molar-refractivity contribution < 1.29 is 37.0 Å². The van der Waals surface area contributed by atoms with Crippen molar-refractivity contribution in [3.05, 3.63) is 65.2 Å². The lowest BCUT2D eigenvalue weighted by Gasteiger charge is -2.37. The van der Waals surface area contributed by atoms with E-state index in [0.717, 1.165) is 23.3 Å². The largest absolute Gasteiger partial charge is 0.444 e. The number of rotatable bonds is 9. The number of anilines is 1. The molecule has 2 aromatic rings. The maximum Gasteiger partial charge on any atom is 0.416 e. The predicted octanol–water partition coefficient (Wildman–Crippen LogP) is 5.94. The first kappa shape index (κ1) is 32.1. The number of benzene rings is 2. The van der Waals surface area contributed by atoms with Crippen molar-refractivity contribution in [2.24, 2.45) is 0 Å². The second-order valence-electron chi connectivity index (χ2n) is 12.2. The highest BCUT2D eigenvalue weighted by molar-refractivity contribution is 5.90. The Labute approximate surface area is 249 Å². The lowest BCUT2D eigenvalue weighted by atomic mass is 9.91. The Balaban J connectivity index is 1.18. The number of alkyl carbamates (subject to hydrolysis) is 1. The number of alkyl halides is 3. The third-order valence-electron chi connectivity index (χ3n) is 7.36. The molecule has 2 heterocycles. The van der Waals surface area contributed by atoms with Gasteiger partial charge in [-0.3, -0.25) is 14.6 Å². The van der Waals surface area contributed by atoms with E-state index < -0.39 is 29.0 Å². The highest BCUT2D eigenvalue weighted by Gasteiger charge is 2.46. The van der Waals surface area contributed by atoms with Crippen molar-refractivity contribution in [3.63, 3.8) is 0 Å². The topological polar surface area (TPSA) is 100 Å². The number of nitrogens with zero attached hydrogens (tertiary/aromatic N) is 2. The van der Waals surface area contributed by atoms with Crippen molar-refractivity contribution in [1.82, 2.24) is 15.1 Å². The first-order valence-electron chi connectivity index (χ1n) is 14.4. The van der Waals surface area contributed by atoms with E-state index in [0.29, 0.717) is 64.2 Å². The number of amides is 3. The lowest BCUT2D eigenvalue weighted by Crippen LogP contribution is -2.46. The zero-order chi connectivity index (χ0) is 31.3. The third kappa shape index (κ3) is 9.60. The van der Waals surface area contributed by atoms with Gasteiger partial charge in [0.25, 0.3) is 0 Å². The van der Waals surface area contributed by atoms with Gasteiger partial charge in [0, 0.05) is 57.7 Å². The number of hydrogen-bond donors (Lipinski definition) is 2. The van der Waals surface area contributed by atoms with Crippen molar-refractivity contribution >= 4 is 23.8 Å². The SMILES string of the molecule is CC(C)(C)OC(=O)NCCCC(=O)Nc1ccc(CN2CC3(CCN(Cc4ccc(C(F)(F)F)cc4)CC3)OC2=O)cc1. The van der Waals surface area contributed by atoms with Crippen molar-refractivity contribution in [2.45, 2.75) is 76.9 Å². The predicted molar refractivity (Wildman–Crippen MR) is 154 cm³/mol. The fraction of sp³-hybridized carbons (Fsp3) is 0.516. The number of likely N-dealkylation sites (tertiary alicyclic amines) is 1. The second-order valence-corrected chi connectivity index (χ2v) is 12.2. The molecule has 234 valence electrons. The quantitative estimate of drug-likeness (QED) is 0.344. The van der Waals surface area contributed by atoms with Gasteiger partial charge < -0.3 is 20.1 Å². The molecule has 2 aliphatic heterocycles. The van der Waals surface area contributed by atoms with Crippen LogP contribution >= 0.6 is 0 Å². The lowest BCUT2D eigenvalue weighted by molar-refractivity contribution is -0.137. The molecule has 9 nitrogen and oxygen atoms in total. The molecule has 2 aromatic carbocycles. The number of hydrogen-bond acceptors (Lipinski definition) is 6. The maximum absolute atomic E-state index is 12.8. The van der Waals surface area contributed by atoms with E-state index >= 15 is 0 Å². The standard InChI is InChI=1S/C31H39F3N4O5/c1-29(2,3)42-27(40)35-16-4-5-26(39)36-25-12-8-23(9-13-25)20-38-21-30(43-28(38)41)14-17-37(18-15-30)19-22-6-10-24(11-7-22)31(32,33)34/h6-13H,4-5,14-21H2,1-3H3,(H,35,40)(H,36,39). The minimum atomic E-state index is -4.35. The molecule has 12 heteroatoms. The van der Waals surface area contributed by atoms with Gasteiger partial charge in [0.05, 0.1) is 12.1 Å². The van der Waals surface area contributed by atoms with Crippen LogP contribution < -0.4 is 10.6 Å². The first-order chi connectivity index (χ1) is 20.2. The van der Waals surface area contributed by atoms with Crippen molar-refractivity contribution in [1.29, 1.82) is 0 Å². The fourth-order valence-electron chi connectivity index (χ4n) is 5.14. The summed E-state index contributed by atoms with van der Waals surface area (Å²) in [7, 11) is 0. The van der Waals surface area contributed by atoms with E-state index in [-0.39, 0.29) is 18.4 Å². The van der Waals surface area contributed by atoms with Crippen molar-refractivity contribution in [3.8, 4) is 0 Å². The van der Waals surface area contributed by atoms with E-state index in [2.05, 4.69) is 15.5 Å². The monoisotopic (exact) mass is 604 g/mol. The molecule has 2 fully saturated rings. The third-order valence-corrected chi connectivity index (χ3v) is 7.36. The van der Waals surface area contributed by atoms with Crippen LogP contribution in [0.5, 0.6) is 0 Å². The number of carbonyl (C=O) groups excluding carboxylic acids is 3. The average Bonchev–Trinajstić information content (AvgIpc) is 3.22. The Hall–Kier alpha value is -3.80. The summed E-state index contributed by atoms with van der Waals surface area (Å²) < 4.78 is 49.5. The summed E-state index contributed by atoms with van der Waals surface area (Å²) in [6.07, 6.45) is -3.23. The zero-order valence-corrected chi connectivity index (χ0v) is 24.8. The summed E-state index contributed by atoms with van der Waals surface area (Å²) in [4.78, 5) is 40.5. The van der Waals surface area contributed by atoms with Crippen LogP contribution in [-0.2, 0) is 33.5 Å². The summed E-state index contributed by atoms with van der Waals surface area (Å²) in [5.74, 6) is -0.173. The Morgan fingerprint density at radius 2 is 1.56 bits per heavy atom. The molecule has 0 aliphatic carbocycles. The number of halogens is 3. The summed E-state index contributed by atoms with van der Waals surface area (Å²) in [6.45, 7) is 8.40. The molecule has 43 heavy (non-hydrogen) atoms. The molecule has 0 atom stereocenters. The van der Waals surface area contributed by atoms with Gasteiger partial charge in [-0.2, -0.15) is 13.2 Å². The molecule has 2 N–H and O–H groups in total. The zero-order valence-electron chi connectivity index (χ0n) is 24.8. The smallest absolute Gasteiger partial charge is 0.416 e. The molecule has 0 radical (unpaired) electrons. The van der Waals surface area contributed by atoms with Gasteiger partial charge in [0.2, 0.25) is 5.91 Å². The Morgan fingerprint density at radius 3 is 2.16 bits per heavy atom. The van der Waals surface area contributed by atoms with Crippen LogP contribution in [0.2, 0.25) is 0 Å². The summed E-state index contributed by atoms with van der Waals surface area (Å²) >= 11 is 0. The normalized spacial score (nSPS) is 17.1. The molecule has 0 aromatic heterocycles. The molecule has 0 unspecified atom stereocenters. The molecule has 0 saturated carbocycles. The van der Waals surface area contributed by atoms with Crippen LogP contribution in [0.1, 0.15) is 63.1 Å². The molecule has 0 bridgehead atoms. The summed E-state index contributed by atoms with van der Waals surface area (Å²) in [5, 5.41) is 5.46. The Morgan fingerprint density at radius 1 is 0.953 bits per heavy atom. The second kappa shape index (κ2) is 13.2. The Bertz CT molecular complexity index is 1270. The molecule has 2 saturated heterocycles. The molecule has 1 spiro atoms. The van der Waals surface area contributed by atoms with E-state index in [4.69, 9.17) is 9.47 Å². The van der Waals surface area contributed by atoms with E-state index in [1.807, 2.05) is 12.1 Å². The molecule has 2 aliphatic rings. The number of ether oxygens (including phenoxy) is 2. The van der Waals surface area contributed by atoms with Gasteiger partial charge in [0.1, 0.15) is 11.2 Å². The molecular weight excluding hydrogens is 565 g/mol. The summed E-state index contributed by atoms with van der Waals surface area (Å²) in [5.41, 5.74) is 0.533. The fourth-order valence-corrected chi connectivity index (χ4v) is 5.14. The highest BCUT2D eigenvalue weighted by atomic mass is 19.4. The summed E-state index contributed by atoms with van der Waals surface area (Å²) in [6, 6.07) is 12.5. The molecule has 4 rings (SSSR count). The minimum Gasteiger partial charge on any atom is -0.444 e. The van der Waals surface area contributed by atoms with Gasteiger partial charge in [-0.05, 0) is 62.6 Å². The van der Waals surface area contributed by atoms with E-state index in [9.17, 15) is 27.6 Å². The van der Waals surface area contributed by atoms with E-state index in [1.54, 1.807) is 37.8 Å². The number of nitrogens with one attached hydrogen (secondary N) is 2. The van der Waals surface area contributed by atoms with Crippen LogP contribution in [0.15, 0.2) is 48.5 Å². The van der Waals surface area contributed by atoms with Gasteiger partial charge in [-0.1, -0.05) is 24.3 Å². The molecular formula is C31H39F3N4O5. The van der Waals surface area contributed by atoms with Crippen LogP contribution in [-0.4, -0.2) is 65.3 Å². The highest BCUT2D eigenvalue weighted by Crippen LogP contribution is 2.35. The first-order valence-corrected chi connectivity index (χ1v) is 14.4. The van der Waals surface area contributed by atoms with Gasteiger partial charge >= 0.3 is 18.4 Å². The van der Waals surface area contributed by atoms with E-state index in [1.165, 1.54) is 12.1 Å². The minimum absolute atomic E-state index is 0.173. The van der Waals surface area contributed by atoms with Crippen LogP contribution in [0, 0.1) is 0 Å². The van der Waals surface area contributed by atoms with Crippen LogP contribution in [0.4, 0.5) is 28.4 Å². The average molecular weight is 605 g/mol. The van der Waals surface area contributed by atoms with Gasteiger partial charge in [-0.25, -0.2) is 9.59 Å². The van der Waals surface area contributed by atoms with Gasteiger partial charge in [-0.15, -0.1) is 0 Å². The van der Waals surface area contributed by atoms with Gasteiger partial charge in [0.15, 0.2) is 0 Å². The van der Waals surface area contributed by atoms with Crippen LogP contribution in [0.25, 0.3) is 0 Å². The Kier molecular flexibility index (Phi) is 9.89. The maximum atomic E-state index is 12.8. The molecule has 3 amide bonds. The number of piperidine rings is 1. The number of carbonyl (C=O) groups is 3. The van der Waals surface area contributed by atoms with Crippen molar-refractivity contribution in [2.75, 3.05) is 31.5 Å². The van der Waals surface area contributed by atoms with Crippen LogP contribution in [0.3, 0.4) is 0 Å².